The molecule has 0 aliphatic heterocycles. The Morgan fingerprint density at radius 2 is 1.63 bits per heavy atom. The maximum atomic E-state index is 12.6. The van der Waals surface area contributed by atoms with Gasteiger partial charge < -0.3 is 39.1 Å². The lowest BCUT2D eigenvalue weighted by Gasteiger charge is -2.14. The van der Waals surface area contributed by atoms with E-state index < -0.39 is 92.1 Å². The number of hydrogen-bond acceptors (Lipinski definition) is 17. The van der Waals surface area contributed by atoms with E-state index in [4.69, 9.17) is 41.3 Å². The number of carboxylic acids is 3. The molecule has 0 fully saturated rings. The molecular weight excluding hydrogens is 946 g/mol. The monoisotopic (exact) mass is 979 g/mol. The van der Waals surface area contributed by atoms with Crippen molar-refractivity contribution in [3.05, 3.63) is 84.8 Å². The summed E-state index contributed by atoms with van der Waals surface area (Å²) in [4.78, 5) is 81.9. The zero-order chi connectivity index (χ0) is 47.7. The fourth-order valence-corrected chi connectivity index (χ4v) is 6.46. The Hall–Kier alpha value is -5.68. The third kappa shape index (κ3) is 19.8. The molecule has 1 atom stereocenters. The number of rotatable bonds is 13. The molecule has 31 heteroatoms. The molecule has 4 aromatic rings. The molecule has 23 nitrogen and oxygen atoms in total. The minimum atomic E-state index is -4.58. The molecule has 2 heterocycles. The Bertz CT molecular complexity index is 2400. The zero-order valence-corrected chi connectivity index (χ0v) is 36.3. The average molecular weight is 980 g/mol. The number of carbonyl (C=O) groups excluding carboxylic acids is 1. The van der Waals surface area contributed by atoms with Crippen LogP contribution in [0.2, 0.25) is 5.02 Å². The van der Waals surface area contributed by atoms with Gasteiger partial charge in [0.15, 0.2) is 0 Å². The second-order valence-electron chi connectivity index (χ2n) is 11.5. The highest BCUT2D eigenvalue weighted by molar-refractivity contribution is 7.94. The number of ether oxygens (including phenoxy) is 2. The number of anilines is 1. The summed E-state index contributed by atoms with van der Waals surface area (Å²) in [5.74, 6) is -4.40. The summed E-state index contributed by atoms with van der Waals surface area (Å²) in [7, 11) is -6.77. The van der Waals surface area contributed by atoms with E-state index in [2.05, 4.69) is 39.0 Å². The van der Waals surface area contributed by atoms with Crippen molar-refractivity contribution in [2.24, 2.45) is 0 Å². The van der Waals surface area contributed by atoms with Crippen LogP contribution < -0.4 is 29.7 Å². The van der Waals surface area contributed by atoms with Gasteiger partial charge in [0.2, 0.25) is 5.95 Å². The van der Waals surface area contributed by atoms with Crippen LogP contribution in [-0.4, -0.2) is 111 Å². The molecule has 7 N–H and O–H groups in total. The number of carboxylic acid groups (broad SMARTS) is 3. The molecule has 0 spiro atoms. The number of nitrogens with one attached hydrogen (secondary N) is 3. The summed E-state index contributed by atoms with van der Waals surface area (Å²) < 4.78 is 83.5. The van der Waals surface area contributed by atoms with E-state index in [1.165, 1.54) is 19.4 Å². The molecule has 0 radical (unpaired) electrons. The standard InChI is InChI=1S/C14H7ClF3NO5.C11H11N5O6S2.C3H8NO5P.C3H9S/c15-10-5-7(14(16,17)18)1-4-12(10)24-8-2-3-11(19(22)23)9(6-8)13(20)21;1-5-12-9(15-11(13-5)22-2)14-10(19)16-24(20,21)6-3-4-23-7(6)8(17)18;5-3(6)1-4-2-10(7,8)9;1-4(2)3/h1-6H,(H,20,21);3-4H,1-2H3,(H,17,18)(H2,12,13,14,15,16,19);4H,1-2H2,(H,5,6)(H2,7,8,9);1-3H3/q;;;+1/p-1. The number of benzene rings is 2. The minimum Gasteiger partial charge on any atom is -0.778 e. The lowest BCUT2D eigenvalue weighted by Crippen LogP contribution is -2.35. The third-order valence-electron chi connectivity index (χ3n) is 5.94. The summed E-state index contributed by atoms with van der Waals surface area (Å²) in [6.45, 7) is 1.04. The molecule has 0 aliphatic rings. The van der Waals surface area contributed by atoms with Crippen LogP contribution in [0.1, 0.15) is 31.4 Å². The predicted octanol–water partition coefficient (Wildman–Crippen LogP) is 3.87. The van der Waals surface area contributed by atoms with Gasteiger partial charge in [-0.1, -0.05) is 11.6 Å². The van der Waals surface area contributed by atoms with Crippen molar-refractivity contribution in [2.75, 3.05) is 44.0 Å². The highest BCUT2D eigenvalue weighted by Crippen LogP contribution is 2.37. The number of aryl methyl sites for hydroxylation is 1. The number of nitro groups is 1. The molecule has 62 heavy (non-hydrogen) atoms. The fourth-order valence-electron chi connectivity index (χ4n) is 3.67. The van der Waals surface area contributed by atoms with E-state index in [9.17, 15) is 60.3 Å². The zero-order valence-electron chi connectivity index (χ0n) is 32.2. The van der Waals surface area contributed by atoms with E-state index in [1.54, 1.807) is 4.72 Å². The molecule has 4 rings (SSSR count). The van der Waals surface area contributed by atoms with Crippen LogP contribution in [0.5, 0.6) is 17.5 Å². The lowest BCUT2D eigenvalue weighted by molar-refractivity contribution is -0.385. The van der Waals surface area contributed by atoms with Gasteiger partial charge in [-0.3, -0.25) is 25.5 Å². The molecule has 0 saturated heterocycles. The van der Waals surface area contributed by atoms with Crippen molar-refractivity contribution < 1.29 is 84.8 Å². The van der Waals surface area contributed by atoms with Crippen LogP contribution in [0.25, 0.3) is 0 Å². The number of aromatic carboxylic acids is 2. The molecule has 0 saturated carbocycles. The van der Waals surface area contributed by atoms with Gasteiger partial charge in [-0.2, -0.15) is 28.1 Å². The second-order valence-corrected chi connectivity index (χ2v) is 18.5. The van der Waals surface area contributed by atoms with E-state index >= 15 is 0 Å². The normalized spacial score (nSPS) is 11.7. The molecule has 340 valence electrons. The number of halogens is 4. The number of urea groups is 1. The minimum absolute atomic E-state index is 0.0633. The SMILES string of the molecule is COc1nc(C)nc(NC(=O)NS(=O)(=O)c2ccsc2C(=O)O)n1.C[S+](C)C.O=C(O)CNCP(=O)([O-])O.O=C(O)c1cc(Oc2ccc(C(F)(F)F)cc2Cl)ccc1[N+](=O)[O-]. The second kappa shape index (κ2) is 24.1. The Balaban J connectivity index is 0.000000478. The molecule has 2 aromatic heterocycles. The topological polar surface area (TPSA) is 360 Å². The smallest absolute Gasteiger partial charge is 0.416 e. The van der Waals surface area contributed by atoms with Crippen LogP contribution in [-0.2, 0) is 36.5 Å². The number of aromatic nitrogens is 3. The van der Waals surface area contributed by atoms with E-state index in [0.717, 1.165) is 47.7 Å². The van der Waals surface area contributed by atoms with E-state index in [-0.39, 0.29) is 34.3 Å². The van der Waals surface area contributed by atoms with Gasteiger partial charge in [-0.15, -0.1) is 11.3 Å². The number of nitrogens with zero attached hydrogens (tertiary/aromatic N) is 4. The van der Waals surface area contributed by atoms with Gasteiger partial charge in [0.25, 0.3) is 15.7 Å². The number of carbonyl (C=O) groups is 4. The molecular formula is C31H34ClF3N7O16PS3. The molecule has 0 aliphatic carbocycles. The number of methoxy groups -OCH3 is 1. The van der Waals surface area contributed by atoms with E-state index in [0.29, 0.717) is 17.0 Å². The first-order valence-corrected chi connectivity index (χ1v) is 22.8. The van der Waals surface area contributed by atoms with Crippen molar-refractivity contribution in [1.82, 2.24) is 25.0 Å². The lowest BCUT2D eigenvalue weighted by atomic mass is 10.1. The molecule has 2 amide bonds. The highest BCUT2D eigenvalue weighted by atomic mass is 35.5. The fraction of sp³-hybridized carbons (Fsp3) is 0.258. The highest BCUT2D eigenvalue weighted by Gasteiger charge is 2.31. The number of aliphatic carboxylic acids is 1. The van der Waals surface area contributed by atoms with Crippen LogP contribution in [0.3, 0.4) is 0 Å². The Kier molecular flexibility index (Phi) is 21.1. The first kappa shape index (κ1) is 54.3. The summed E-state index contributed by atoms with van der Waals surface area (Å²) in [6, 6.07) is 5.12. The van der Waals surface area contributed by atoms with Gasteiger partial charge in [-0.05, 0) is 53.5 Å². The van der Waals surface area contributed by atoms with Crippen LogP contribution in [0, 0.1) is 17.0 Å². The summed E-state index contributed by atoms with van der Waals surface area (Å²) in [5, 5.41) is 41.7. The van der Waals surface area contributed by atoms with E-state index in [1.807, 2.05) is 5.32 Å². The largest absolute Gasteiger partial charge is 0.778 e. The van der Waals surface area contributed by atoms with Crippen LogP contribution in [0.15, 0.2) is 52.7 Å². The summed E-state index contributed by atoms with van der Waals surface area (Å²) in [6.07, 6.45) is 1.30. The molecule has 1 unspecified atom stereocenters. The van der Waals surface area contributed by atoms with Crippen molar-refractivity contribution in [1.29, 1.82) is 0 Å². The Labute approximate surface area is 360 Å². The molecule has 2 aromatic carbocycles. The van der Waals surface area contributed by atoms with Gasteiger partial charge in [0.1, 0.15) is 40.3 Å². The van der Waals surface area contributed by atoms with Crippen molar-refractivity contribution >= 4 is 87.0 Å². The van der Waals surface area contributed by atoms with Gasteiger partial charge >= 0.3 is 36.1 Å². The molecule has 0 bridgehead atoms. The van der Waals surface area contributed by atoms with Gasteiger partial charge in [0, 0.05) is 12.1 Å². The number of nitro benzene ring substituents is 1. The number of thiophene rings is 1. The number of alkyl halides is 3. The van der Waals surface area contributed by atoms with Gasteiger partial charge in [-0.25, -0.2) is 27.5 Å². The summed E-state index contributed by atoms with van der Waals surface area (Å²) >= 11 is 6.44. The van der Waals surface area contributed by atoms with Crippen molar-refractivity contribution in [3.63, 3.8) is 0 Å². The Morgan fingerprint density at radius 1 is 1.02 bits per heavy atom. The van der Waals surface area contributed by atoms with Crippen LogP contribution >= 0.6 is 30.5 Å². The maximum Gasteiger partial charge on any atom is 0.416 e. The number of hydrogen-bond donors (Lipinski definition) is 7. The average Bonchev–Trinajstić information content (AvgIpc) is 3.63. The quantitative estimate of drug-likeness (QED) is 0.0432. The van der Waals surface area contributed by atoms with Crippen molar-refractivity contribution in [3.8, 4) is 17.5 Å². The van der Waals surface area contributed by atoms with Gasteiger partial charge in [0.05, 0.1) is 54.2 Å². The van der Waals surface area contributed by atoms with Crippen LogP contribution in [0.4, 0.5) is 29.6 Å². The maximum absolute atomic E-state index is 12.6. The first-order valence-electron chi connectivity index (χ1n) is 15.9. The Morgan fingerprint density at radius 3 is 2.11 bits per heavy atom. The number of amides is 2. The number of sulfonamides is 1. The summed E-state index contributed by atoms with van der Waals surface area (Å²) in [5.41, 5.74) is -2.25. The third-order valence-corrected chi connectivity index (χ3v) is 9.27. The predicted molar refractivity (Wildman–Crippen MR) is 214 cm³/mol. The van der Waals surface area contributed by atoms with Crippen molar-refractivity contribution in [2.45, 2.75) is 18.0 Å². The first-order chi connectivity index (χ1) is 28.5.